The maximum Gasteiger partial charge on any atom is 0.193 e. The number of hydrogen-bond acceptors (Lipinski definition) is 3. The first kappa shape index (κ1) is 12.9. The highest BCUT2D eigenvalue weighted by Gasteiger charge is 2.16. The van der Waals surface area contributed by atoms with E-state index in [0.717, 1.165) is 40.8 Å². The Hall–Kier alpha value is -2.13. The van der Waals surface area contributed by atoms with Crippen LogP contribution in [0, 0.1) is 0 Å². The maximum absolute atomic E-state index is 12.5. The highest BCUT2D eigenvalue weighted by Crippen LogP contribution is 2.26. The molecule has 0 bridgehead atoms. The molecule has 0 aromatic heterocycles. The van der Waals surface area contributed by atoms with E-state index in [4.69, 9.17) is 10.5 Å². The van der Waals surface area contributed by atoms with Gasteiger partial charge in [-0.1, -0.05) is 18.2 Å². The molecule has 20 heavy (non-hydrogen) atoms. The number of carbonyl (C=O) groups is 1. The molecule has 0 fully saturated rings. The molecule has 2 aromatic rings. The molecule has 0 spiro atoms. The van der Waals surface area contributed by atoms with E-state index in [1.807, 2.05) is 42.5 Å². The fraction of sp³-hybridized carbons (Fsp3) is 0.235. The first-order valence-electron chi connectivity index (χ1n) is 6.87. The molecule has 3 rings (SSSR count). The standard InChI is InChI=1S/C17H17NO2/c18-8-6-12-2-1-3-14(10-12)17(19)15-4-5-16-13(11-15)7-9-20-16/h1-5,10-11H,6-9,18H2. The smallest absolute Gasteiger partial charge is 0.193 e. The molecule has 0 atom stereocenters. The van der Waals surface area contributed by atoms with Gasteiger partial charge in [0.2, 0.25) is 0 Å². The van der Waals surface area contributed by atoms with Gasteiger partial charge in [-0.15, -0.1) is 0 Å². The molecule has 2 aromatic carbocycles. The van der Waals surface area contributed by atoms with Crippen molar-refractivity contribution in [3.63, 3.8) is 0 Å². The topological polar surface area (TPSA) is 52.3 Å². The van der Waals surface area contributed by atoms with E-state index >= 15 is 0 Å². The van der Waals surface area contributed by atoms with Crippen molar-refractivity contribution in [3.05, 3.63) is 64.7 Å². The Kier molecular flexibility index (Phi) is 3.52. The second-order valence-electron chi connectivity index (χ2n) is 4.99. The van der Waals surface area contributed by atoms with Crippen molar-refractivity contribution >= 4 is 5.78 Å². The molecule has 0 radical (unpaired) electrons. The number of ketones is 1. The second-order valence-corrected chi connectivity index (χ2v) is 4.99. The third-order valence-electron chi connectivity index (χ3n) is 3.57. The van der Waals surface area contributed by atoms with Crippen LogP contribution in [-0.2, 0) is 12.8 Å². The van der Waals surface area contributed by atoms with Gasteiger partial charge in [0.25, 0.3) is 0 Å². The SMILES string of the molecule is NCCc1cccc(C(=O)c2ccc3c(c2)CCO3)c1. The molecule has 0 unspecified atom stereocenters. The van der Waals surface area contributed by atoms with Crippen molar-refractivity contribution in [1.29, 1.82) is 0 Å². The largest absolute Gasteiger partial charge is 0.493 e. The van der Waals surface area contributed by atoms with Crippen LogP contribution in [0.1, 0.15) is 27.0 Å². The number of ether oxygens (including phenoxy) is 1. The van der Waals surface area contributed by atoms with E-state index in [1.165, 1.54) is 0 Å². The number of carbonyl (C=O) groups excluding carboxylic acids is 1. The van der Waals surface area contributed by atoms with Gasteiger partial charge in [-0.25, -0.2) is 0 Å². The van der Waals surface area contributed by atoms with Crippen LogP contribution in [0.3, 0.4) is 0 Å². The molecule has 1 aliphatic rings. The molecule has 102 valence electrons. The number of fused-ring (bicyclic) bond motifs is 1. The fourth-order valence-corrected chi connectivity index (χ4v) is 2.53. The summed E-state index contributed by atoms with van der Waals surface area (Å²) >= 11 is 0. The first-order chi connectivity index (χ1) is 9.78. The van der Waals surface area contributed by atoms with Gasteiger partial charge >= 0.3 is 0 Å². The predicted octanol–water partition coefficient (Wildman–Crippen LogP) is 2.35. The minimum atomic E-state index is 0.0542. The van der Waals surface area contributed by atoms with Crippen molar-refractivity contribution in [1.82, 2.24) is 0 Å². The number of hydrogen-bond donors (Lipinski definition) is 1. The summed E-state index contributed by atoms with van der Waals surface area (Å²) < 4.78 is 5.46. The van der Waals surface area contributed by atoms with Crippen molar-refractivity contribution < 1.29 is 9.53 Å². The molecular weight excluding hydrogens is 250 g/mol. The summed E-state index contributed by atoms with van der Waals surface area (Å²) in [6.07, 6.45) is 1.67. The van der Waals surface area contributed by atoms with E-state index in [1.54, 1.807) is 0 Å². The van der Waals surface area contributed by atoms with Gasteiger partial charge in [0, 0.05) is 17.5 Å². The average Bonchev–Trinajstić information content (AvgIpc) is 2.94. The fourth-order valence-electron chi connectivity index (χ4n) is 2.53. The van der Waals surface area contributed by atoms with Gasteiger partial charge in [0.15, 0.2) is 5.78 Å². The Balaban J connectivity index is 1.90. The lowest BCUT2D eigenvalue weighted by Crippen LogP contribution is -2.05. The third kappa shape index (κ3) is 2.45. The molecule has 1 aliphatic heterocycles. The van der Waals surface area contributed by atoms with Gasteiger partial charge in [0.1, 0.15) is 5.75 Å². The number of nitrogens with two attached hydrogens (primary N) is 1. The third-order valence-corrected chi connectivity index (χ3v) is 3.57. The summed E-state index contributed by atoms with van der Waals surface area (Å²) in [5.41, 5.74) is 9.22. The minimum Gasteiger partial charge on any atom is -0.493 e. The lowest BCUT2D eigenvalue weighted by Gasteiger charge is -2.06. The highest BCUT2D eigenvalue weighted by molar-refractivity contribution is 6.09. The molecule has 2 N–H and O–H groups in total. The zero-order valence-corrected chi connectivity index (χ0v) is 11.3. The molecule has 0 saturated carbocycles. The van der Waals surface area contributed by atoms with Crippen molar-refractivity contribution in [3.8, 4) is 5.75 Å². The molecule has 0 aliphatic carbocycles. The quantitative estimate of drug-likeness (QED) is 0.865. The minimum absolute atomic E-state index is 0.0542. The van der Waals surface area contributed by atoms with Crippen LogP contribution in [0.4, 0.5) is 0 Å². The van der Waals surface area contributed by atoms with Crippen molar-refractivity contribution in [2.75, 3.05) is 13.2 Å². The summed E-state index contributed by atoms with van der Waals surface area (Å²) in [6.45, 7) is 1.30. The molecule has 1 heterocycles. The number of rotatable bonds is 4. The maximum atomic E-state index is 12.5. The van der Waals surface area contributed by atoms with E-state index < -0.39 is 0 Å². The average molecular weight is 267 g/mol. The van der Waals surface area contributed by atoms with Crippen molar-refractivity contribution in [2.45, 2.75) is 12.8 Å². The van der Waals surface area contributed by atoms with Crippen LogP contribution in [-0.4, -0.2) is 18.9 Å². The Bertz CT molecular complexity index is 649. The van der Waals surface area contributed by atoms with Gasteiger partial charge in [0.05, 0.1) is 6.61 Å². The monoisotopic (exact) mass is 267 g/mol. The molecular formula is C17H17NO2. The summed E-state index contributed by atoms with van der Waals surface area (Å²) in [6, 6.07) is 13.4. The summed E-state index contributed by atoms with van der Waals surface area (Å²) in [5, 5.41) is 0. The van der Waals surface area contributed by atoms with Crippen LogP contribution < -0.4 is 10.5 Å². The second kappa shape index (κ2) is 5.47. The van der Waals surface area contributed by atoms with Gasteiger partial charge in [-0.3, -0.25) is 4.79 Å². The van der Waals surface area contributed by atoms with Gasteiger partial charge < -0.3 is 10.5 Å². The lowest BCUT2D eigenvalue weighted by molar-refractivity contribution is 0.103. The van der Waals surface area contributed by atoms with Crippen LogP contribution >= 0.6 is 0 Å². The van der Waals surface area contributed by atoms with Crippen LogP contribution in [0.25, 0.3) is 0 Å². The molecule has 3 heteroatoms. The zero-order chi connectivity index (χ0) is 13.9. The van der Waals surface area contributed by atoms with Crippen LogP contribution in [0.2, 0.25) is 0 Å². The van der Waals surface area contributed by atoms with E-state index in [2.05, 4.69) is 0 Å². The summed E-state index contributed by atoms with van der Waals surface area (Å²) in [4.78, 5) is 12.5. The summed E-state index contributed by atoms with van der Waals surface area (Å²) in [7, 11) is 0. The van der Waals surface area contributed by atoms with E-state index in [0.29, 0.717) is 13.2 Å². The Labute approximate surface area is 118 Å². The molecule has 3 nitrogen and oxygen atoms in total. The molecule has 0 saturated heterocycles. The summed E-state index contributed by atoms with van der Waals surface area (Å²) in [5.74, 6) is 0.956. The first-order valence-corrected chi connectivity index (χ1v) is 6.87. The van der Waals surface area contributed by atoms with Gasteiger partial charge in [-0.2, -0.15) is 0 Å². The van der Waals surface area contributed by atoms with Crippen LogP contribution in [0.5, 0.6) is 5.75 Å². The Morgan fingerprint density at radius 3 is 2.85 bits per heavy atom. The van der Waals surface area contributed by atoms with E-state index in [9.17, 15) is 4.79 Å². The van der Waals surface area contributed by atoms with Crippen molar-refractivity contribution in [2.24, 2.45) is 5.73 Å². The zero-order valence-electron chi connectivity index (χ0n) is 11.3. The molecule has 0 amide bonds. The Morgan fingerprint density at radius 1 is 1.15 bits per heavy atom. The normalized spacial score (nSPS) is 12.8. The lowest BCUT2D eigenvalue weighted by atomic mass is 9.98. The van der Waals surface area contributed by atoms with E-state index in [-0.39, 0.29) is 5.78 Å². The van der Waals surface area contributed by atoms with Crippen LogP contribution in [0.15, 0.2) is 42.5 Å². The highest BCUT2D eigenvalue weighted by atomic mass is 16.5. The van der Waals surface area contributed by atoms with Gasteiger partial charge in [-0.05, 0) is 48.4 Å². The Morgan fingerprint density at radius 2 is 2.00 bits per heavy atom. The predicted molar refractivity (Wildman–Crippen MR) is 78.3 cm³/mol. The number of benzene rings is 2.